The number of pyridine rings is 1. The number of nitrogens with one attached hydrogen (secondary N) is 1. The van der Waals surface area contributed by atoms with Gasteiger partial charge in [0, 0.05) is 0 Å². The largest absolute Gasteiger partial charge is 0.421 e. The van der Waals surface area contributed by atoms with Gasteiger partial charge in [-0.2, -0.15) is 23.4 Å². The van der Waals surface area contributed by atoms with Gasteiger partial charge in [-0.25, -0.2) is 18.7 Å². The van der Waals surface area contributed by atoms with Crippen molar-refractivity contribution < 1.29 is 27.1 Å². The zero-order valence-electron chi connectivity index (χ0n) is 20.2. The average Bonchev–Trinajstić information content (AvgIpc) is 3.51. The highest BCUT2D eigenvalue weighted by Gasteiger charge is 2.65. The molecule has 1 aromatic carbocycles. The molecular weight excluding hydrogens is 507 g/mol. The van der Waals surface area contributed by atoms with Gasteiger partial charge < -0.3 is 5.11 Å². The number of H-pyrrole nitrogens is 1. The van der Waals surface area contributed by atoms with E-state index < -0.39 is 40.6 Å². The summed E-state index contributed by atoms with van der Waals surface area (Å²) in [6.45, 7) is 4.16. The number of aliphatic hydroxyl groups is 1. The molecule has 1 saturated carbocycles. The molecule has 0 aliphatic heterocycles. The number of aliphatic hydroxyl groups excluding tert-OH is 1. The Kier molecular flexibility index (Phi) is 5.23. The Hall–Kier alpha value is -3.80. The molecule has 12 heteroatoms. The third-order valence-electron chi connectivity index (χ3n) is 8.09. The average molecular weight is 528 g/mol. The van der Waals surface area contributed by atoms with E-state index in [-0.39, 0.29) is 28.7 Å². The van der Waals surface area contributed by atoms with E-state index in [1.807, 2.05) is 6.07 Å². The number of hydrogen-bond donors (Lipinski definition) is 2. The third kappa shape index (κ3) is 3.32. The first kappa shape index (κ1) is 24.5. The molecule has 0 saturated heterocycles. The summed E-state index contributed by atoms with van der Waals surface area (Å²) in [7, 11) is 0. The minimum Gasteiger partial charge on any atom is -0.377 e. The van der Waals surface area contributed by atoms with Crippen LogP contribution in [0.25, 0.3) is 22.8 Å². The zero-order valence-corrected chi connectivity index (χ0v) is 20.2. The van der Waals surface area contributed by atoms with Crippen LogP contribution in [0.4, 0.5) is 22.0 Å². The summed E-state index contributed by atoms with van der Waals surface area (Å²) in [6.07, 6.45) is -6.24. The van der Waals surface area contributed by atoms with Crippen LogP contribution in [0.2, 0.25) is 0 Å². The van der Waals surface area contributed by atoms with Gasteiger partial charge in [-0.3, -0.25) is 5.10 Å². The molecule has 2 aliphatic carbocycles. The third-order valence-corrected chi connectivity index (χ3v) is 8.09. The number of alkyl halides is 3. The lowest BCUT2D eigenvalue weighted by Gasteiger charge is -2.37. The molecule has 3 atom stereocenters. The molecule has 0 spiro atoms. The maximum atomic E-state index is 14.5. The second kappa shape index (κ2) is 8.10. The molecule has 0 radical (unpaired) electrons. The van der Waals surface area contributed by atoms with E-state index in [0.29, 0.717) is 17.8 Å². The van der Waals surface area contributed by atoms with Gasteiger partial charge in [0.15, 0.2) is 11.6 Å². The Balaban J connectivity index is 1.45. The van der Waals surface area contributed by atoms with Crippen molar-refractivity contribution in [1.29, 1.82) is 0 Å². The molecule has 196 valence electrons. The number of aromatic amines is 1. The Morgan fingerprint density at radius 3 is 2.42 bits per heavy atom. The molecule has 2 bridgehead atoms. The number of hydrogen-bond acceptors (Lipinski definition) is 6. The number of benzene rings is 1. The minimum atomic E-state index is -4.90. The lowest BCUT2D eigenvalue weighted by atomic mass is 9.66. The topological polar surface area (TPSA) is 100 Å². The van der Waals surface area contributed by atoms with Gasteiger partial charge in [0.05, 0.1) is 28.1 Å². The second-order valence-electron chi connectivity index (χ2n) is 10.2. The van der Waals surface area contributed by atoms with Crippen molar-refractivity contribution in [3.05, 3.63) is 76.9 Å². The lowest BCUT2D eigenvalue weighted by molar-refractivity contribution is -0.209. The van der Waals surface area contributed by atoms with E-state index in [1.165, 1.54) is 18.2 Å². The highest BCUT2D eigenvalue weighted by molar-refractivity contribution is 5.64. The molecule has 38 heavy (non-hydrogen) atoms. The number of aromatic nitrogens is 6. The van der Waals surface area contributed by atoms with Crippen LogP contribution in [0.3, 0.4) is 0 Å². The van der Waals surface area contributed by atoms with Crippen molar-refractivity contribution >= 4 is 0 Å². The summed E-state index contributed by atoms with van der Waals surface area (Å²) in [5.41, 5.74) is 1.10. The summed E-state index contributed by atoms with van der Waals surface area (Å²) in [4.78, 5) is 8.55. The van der Waals surface area contributed by atoms with Crippen LogP contribution in [-0.4, -0.2) is 41.6 Å². The fourth-order valence-electron chi connectivity index (χ4n) is 6.22. The van der Waals surface area contributed by atoms with Crippen LogP contribution in [0.15, 0.2) is 42.5 Å². The smallest absolute Gasteiger partial charge is 0.377 e. The molecule has 0 amide bonds. The first-order valence-electron chi connectivity index (χ1n) is 11.9. The first-order valence-corrected chi connectivity index (χ1v) is 11.9. The van der Waals surface area contributed by atoms with E-state index in [4.69, 9.17) is 4.98 Å². The van der Waals surface area contributed by atoms with Gasteiger partial charge >= 0.3 is 6.18 Å². The highest BCUT2D eigenvalue weighted by atomic mass is 19.4. The number of rotatable bonds is 4. The molecule has 4 aromatic rings. The van der Waals surface area contributed by atoms with Crippen LogP contribution in [0.5, 0.6) is 0 Å². The van der Waals surface area contributed by atoms with Crippen molar-refractivity contribution in [3.63, 3.8) is 0 Å². The van der Waals surface area contributed by atoms with Gasteiger partial charge in [-0.1, -0.05) is 26.0 Å². The molecule has 1 fully saturated rings. The molecule has 2 N–H and O–H groups in total. The van der Waals surface area contributed by atoms with Crippen molar-refractivity contribution in [2.75, 3.05) is 0 Å². The van der Waals surface area contributed by atoms with Gasteiger partial charge in [0.1, 0.15) is 17.3 Å². The van der Waals surface area contributed by atoms with E-state index in [1.54, 1.807) is 18.2 Å². The van der Waals surface area contributed by atoms with Crippen molar-refractivity contribution in [1.82, 2.24) is 30.4 Å². The SMILES string of the molecule is CC1(C)[C@H]2CC[C@@]1(c1cccc(-c3n[nH]c([C@@H](O)C(F)(F)F)n3)n1)c1nnc(-c3c(F)cccc3F)cc12. The fourth-order valence-corrected chi connectivity index (χ4v) is 6.22. The normalized spacial score (nSPS) is 22.5. The predicted octanol–water partition coefficient (Wildman–Crippen LogP) is 5.40. The Morgan fingerprint density at radius 2 is 1.71 bits per heavy atom. The van der Waals surface area contributed by atoms with E-state index in [0.717, 1.165) is 12.0 Å². The maximum Gasteiger partial charge on any atom is 0.421 e. The first-order chi connectivity index (χ1) is 17.9. The van der Waals surface area contributed by atoms with Crippen LogP contribution >= 0.6 is 0 Å². The lowest BCUT2D eigenvalue weighted by Crippen LogP contribution is -2.37. The summed E-state index contributed by atoms with van der Waals surface area (Å²) < 4.78 is 67.7. The van der Waals surface area contributed by atoms with Crippen molar-refractivity contribution in [2.24, 2.45) is 5.41 Å². The Labute approximate surface area is 213 Å². The van der Waals surface area contributed by atoms with Crippen LogP contribution in [0, 0.1) is 17.0 Å². The van der Waals surface area contributed by atoms with Gasteiger partial charge in [0.25, 0.3) is 0 Å². The van der Waals surface area contributed by atoms with E-state index in [9.17, 15) is 27.1 Å². The summed E-state index contributed by atoms with van der Waals surface area (Å²) in [6, 6.07) is 10.4. The molecule has 6 rings (SSSR count). The monoisotopic (exact) mass is 528 g/mol. The maximum absolute atomic E-state index is 14.5. The Bertz CT molecular complexity index is 1550. The van der Waals surface area contributed by atoms with Crippen molar-refractivity contribution in [2.45, 2.75) is 50.3 Å². The van der Waals surface area contributed by atoms with Crippen LogP contribution in [-0.2, 0) is 5.41 Å². The summed E-state index contributed by atoms with van der Waals surface area (Å²) >= 11 is 0. The number of halogens is 5. The standard InChI is InChI=1S/C26H21F5N6O/c1-24(2)13-9-10-25(24,20-12(13)11-17(34-35-20)19-14(27)5-3-6-15(19)28)18-8-4-7-16(32-18)22-33-23(37-36-22)21(38)26(29,30)31/h3-8,11,13,21,38H,9-10H2,1-2H3,(H,33,36,37)/t13-,21+,25+/m0/s1. The molecular formula is C26H21F5N6O. The minimum absolute atomic E-state index is 0.0177. The molecule has 3 heterocycles. The highest BCUT2D eigenvalue weighted by Crippen LogP contribution is 2.69. The molecule has 0 unspecified atom stereocenters. The Morgan fingerprint density at radius 1 is 1.00 bits per heavy atom. The van der Waals surface area contributed by atoms with Crippen LogP contribution in [0.1, 0.15) is 61.5 Å². The quantitative estimate of drug-likeness (QED) is 0.344. The number of nitrogens with zero attached hydrogens (tertiary/aromatic N) is 5. The van der Waals surface area contributed by atoms with Gasteiger partial charge in [0.2, 0.25) is 6.10 Å². The van der Waals surface area contributed by atoms with E-state index in [2.05, 4.69) is 39.2 Å². The molecule has 7 nitrogen and oxygen atoms in total. The summed E-state index contributed by atoms with van der Waals surface area (Å²) in [5, 5.41) is 24.2. The van der Waals surface area contributed by atoms with Crippen molar-refractivity contribution in [3.8, 4) is 22.8 Å². The second-order valence-corrected chi connectivity index (χ2v) is 10.2. The van der Waals surface area contributed by atoms with Crippen LogP contribution < -0.4 is 0 Å². The fraction of sp³-hybridized carbons (Fsp3) is 0.346. The summed E-state index contributed by atoms with van der Waals surface area (Å²) in [5.74, 6) is -2.27. The zero-order chi connectivity index (χ0) is 27.0. The van der Waals surface area contributed by atoms with Gasteiger partial charge in [-0.15, -0.1) is 5.10 Å². The van der Waals surface area contributed by atoms with E-state index >= 15 is 0 Å². The predicted molar refractivity (Wildman–Crippen MR) is 125 cm³/mol. The van der Waals surface area contributed by atoms with Gasteiger partial charge in [-0.05, 0) is 60.1 Å². The number of fused-ring (bicyclic) bond motifs is 5. The molecule has 2 aliphatic rings. The molecule has 3 aromatic heterocycles.